The number of thiophene rings is 1. The fourth-order valence-electron chi connectivity index (χ4n) is 3.42. The first-order valence-electron chi connectivity index (χ1n) is 8.96. The average Bonchev–Trinajstić information content (AvgIpc) is 3.25. The second kappa shape index (κ2) is 8.77. The maximum absolute atomic E-state index is 12.4. The SMILES string of the molecule is Cc1cc(C(=O)Nc2sc3c(c2C(N)=O)CCN(Cc2ccccc2)C3)on1.Cl. The molecule has 152 valence electrons. The van der Waals surface area contributed by atoms with Crippen LogP contribution in [0.4, 0.5) is 5.00 Å². The number of nitrogens with zero attached hydrogens (tertiary/aromatic N) is 2. The number of aromatic nitrogens is 1. The topological polar surface area (TPSA) is 101 Å². The fraction of sp³-hybridized carbons (Fsp3) is 0.250. The van der Waals surface area contributed by atoms with Crippen molar-refractivity contribution in [3.63, 3.8) is 0 Å². The van der Waals surface area contributed by atoms with E-state index >= 15 is 0 Å². The molecular weight excluding hydrogens is 412 g/mol. The van der Waals surface area contributed by atoms with E-state index in [1.807, 2.05) is 18.2 Å². The molecule has 7 nitrogen and oxygen atoms in total. The predicted octanol–water partition coefficient (Wildman–Crippen LogP) is 3.38. The largest absolute Gasteiger partial charge is 0.365 e. The van der Waals surface area contributed by atoms with Gasteiger partial charge in [0.25, 0.3) is 11.8 Å². The van der Waals surface area contributed by atoms with E-state index < -0.39 is 11.8 Å². The Balaban J connectivity index is 0.00000240. The molecule has 0 saturated carbocycles. The van der Waals surface area contributed by atoms with Gasteiger partial charge >= 0.3 is 0 Å². The van der Waals surface area contributed by atoms with Crippen LogP contribution < -0.4 is 11.1 Å². The monoisotopic (exact) mass is 432 g/mol. The van der Waals surface area contributed by atoms with Crippen LogP contribution in [0.1, 0.15) is 42.6 Å². The van der Waals surface area contributed by atoms with Crippen molar-refractivity contribution in [2.45, 2.75) is 26.4 Å². The first-order valence-corrected chi connectivity index (χ1v) is 9.78. The average molecular weight is 433 g/mol. The standard InChI is InChI=1S/C20H20N4O3S.ClH/c1-12-9-15(27-23-12)19(26)22-20-17(18(21)25)14-7-8-24(11-16(14)28-20)10-13-5-3-2-4-6-13;/h2-6,9H,7-8,10-11H2,1H3,(H2,21,25)(H,22,26);1H. The predicted molar refractivity (Wildman–Crippen MR) is 114 cm³/mol. The fourth-order valence-corrected chi connectivity index (χ4v) is 4.71. The quantitative estimate of drug-likeness (QED) is 0.643. The van der Waals surface area contributed by atoms with Crippen molar-refractivity contribution in [1.82, 2.24) is 10.1 Å². The Hall–Kier alpha value is -2.68. The molecule has 1 aliphatic rings. The van der Waals surface area contributed by atoms with Gasteiger partial charge in [0, 0.05) is 30.6 Å². The number of primary amides is 1. The van der Waals surface area contributed by atoms with Gasteiger partial charge in [-0.15, -0.1) is 23.7 Å². The molecule has 3 N–H and O–H groups in total. The van der Waals surface area contributed by atoms with Crippen molar-refractivity contribution < 1.29 is 14.1 Å². The molecule has 29 heavy (non-hydrogen) atoms. The van der Waals surface area contributed by atoms with Gasteiger partial charge in [0.1, 0.15) is 5.00 Å². The van der Waals surface area contributed by atoms with Crippen molar-refractivity contribution in [3.05, 3.63) is 69.4 Å². The van der Waals surface area contributed by atoms with Crippen LogP contribution in [-0.2, 0) is 19.5 Å². The Morgan fingerprint density at radius 3 is 2.72 bits per heavy atom. The van der Waals surface area contributed by atoms with E-state index in [9.17, 15) is 9.59 Å². The lowest BCUT2D eigenvalue weighted by molar-refractivity contribution is 0.0988. The van der Waals surface area contributed by atoms with Gasteiger partial charge < -0.3 is 15.6 Å². The molecule has 4 rings (SSSR count). The summed E-state index contributed by atoms with van der Waals surface area (Å²) in [5.41, 5.74) is 8.82. The molecule has 2 aromatic heterocycles. The van der Waals surface area contributed by atoms with Crippen molar-refractivity contribution >= 4 is 40.6 Å². The van der Waals surface area contributed by atoms with Crippen LogP contribution in [-0.4, -0.2) is 28.4 Å². The van der Waals surface area contributed by atoms with Gasteiger partial charge in [-0.3, -0.25) is 14.5 Å². The molecule has 0 fully saturated rings. The second-order valence-corrected chi connectivity index (χ2v) is 7.91. The number of aryl methyl sites for hydroxylation is 1. The summed E-state index contributed by atoms with van der Waals surface area (Å²) < 4.78 is 5.00. The summed E-state index contributed by atoms with van der Waals surface area (Å²) in [5, 5.41) is 6.96. The van der Waals surface area contributed by atoms with E-state index in [2.05, 4.69) is 27.5 Å². The van der Waals surface area contributed by atoms with Crippen LogP contribution in [0, 0.1) is 6.92 Å². The first kappa shape index (κ1) is 21.0. The highest BCUT2D eigenvalue weighted by molar-refractivity contribution is 7.17. The first-order chi connectivity index (χ1) is 13.5. The van der Waals surface area contributed by atoms with Crippen LogP contribution in [0.15, 0.2) is 40.9 Å². The van der Waals surface area contributed by atoms with E-state index in [4.69, 9.17) is 10.3 Å². The third-order valence-corrected chi connectivity index (χ3v) is 5.84. The number of anilines is 1. The van der Waals surface area contributed by atoms with Crippen LogP contribution in [0.2, 0.25) is 0 Å². The molecule has 0 saturated heterocycles. The van der Waals surface area contributed by atoms with E-state index in [0.29, 0.717) is 29.2 Å². The number of fused-ring (bicyclic) bond motifs is 1. The molecule has 1 aromatic carbocycles. The summed E-state index contributed by atoms with van der Waals surface area (Å²) in [5.74, 6) is -0.870. The van der Waals surface area contributed by atoms with E-state index in [1.165, 1.54) is 16.9 Å². The Labute approximate surface area is 178 Å². The third-order valence-electron chi connectivity index (χ3n) is 4.71. The summed E-state index contributed by atoms with van der Waals surface area (Å²) in [6.45, 7) is 4.11. The molecule has 1 aliphatic heterocycles. The minimum absolute atomic E-state index is 0. The second-order valence-electron chi connectivity index (χ2n) is 6.81. The van der Waals surface area contributed by atoms with Gasteiger partial charge in [-0.25, -0.2) is 0 Å². The molecule has 0 atom stereocenters. The molecule has 2 amide bonds. The molecule has 0 bridgehead atoms. The van der Waals surface area contributed by atoms with Gasteiger partial charge in [0.2, 0.25) is 5.76 Å². The number of amides is 2. The Morgan fingerprint density at radius 2 is 2.07 bits per heavy atom. The van der Waals surface area contributed by atoms with Gasteiger partial charge in [0.05, 0.1) is 11.3 Å². The van der Waals surface area contributed by atoms with Gasteiger partial charge in [-0.2, -0.15) is 0 Å². The highest BCUT2D eigenvalue weighted by Gasteiger charge is 2.28. The summed E-state index contributed by atoms with van der Waals surface area (Å²) in [6, 6.07) is 11.8. The number of carbonyl (C=O) groups excluding carboxylic acids is 2. The number of nitrogens with one attached hydrogen (secondary N) is 1. The number of hydrogen-bond acceptors (Lipinski definition) is 6. The maximum atomic E-state index is 12.4. The lowest BCUT2D eigenvalue weighted by Crippen LogP contribution is -2.30. The lowest BCUT2D eigenvalue weighted by Gasteiger charge is -2.27. The van der Waals surface area contributed by atoms with Crippen molar-refractivity contribution in [2.24, 2.45) is 5.73 Å². The van der Waals surface area contributed by atoms with Gasteiger partial charge in [0.15, 0.2) is 0 Å². The molecule has 9 heteroatoms. The highest BCUT2D eigenvalue weighted by Crippen LogP contribution is 2.37. The summed E-state index contributed by atoms with van der Waals surface area (Å²) in [4.78, 5) is 27.9. The van der Waals surface area contributed by atoms with Crippen LogP contribution in [0.3, 0.4) is 0 Å². The van der Waals surface area contributed by atoms with E-state index in [-0.39, 0.29) is 18.2 Å². The molecular formula is C20H21ClN4O3S. The highest BCUT2D eigenvalue weighted by atomic mass is 35.5. The molecule has 0 radical (unpaired) electrons. The lowest BCUT2D eigenvalue weighted by atomic mass is 10.0. The molecule has 0 unspecified atom stereocenters. The minimum atomic E-state index is -0.530. The zero-order valence-corrected chi connectivity index (χ0v) is 17.4. The summed E-state index contributed by atoms with van der Waals surface area (Å²) >= 11 is 1.40. The smallest absolute Gasteiger partial charge is 0.294 e. The molecule has 3 heterocycles. The zero-order valence-electron chi connectivity index (χ0n) is 15.8. The third kappa shape index (κ3) is 4.50. The molecule has 3 aromatic rings. The van der Waals surface area contributed by atoms with Crippen molar-refractivity contribution in [1.29, 1.82) is 0 Å². The number of halogens is 1. The number of benzene rings is 1. The van der Waals surface area contributed by atoms with Crippen LogP contribution in [0.25, 0.3) is 0 Å². The normalized spacial score (nSPS) is 13.4. The summed E-state index contributed by atoms with van der Waals surface area (Å²) in [6.07, 6.45) is 0.716. The molecule has 0 spiro atoms. The Bertz CT molecular complexity index is 1030. The zero-order chi connectivity index (χ0) is 19.7. The van der Waals surface area contributed by atoms with Gasteiger partial charge in [-0.1, -0.05) is 35.5 Å². The number of hydrogen-bond donors (Lipinski definition) is 2. The maximum Gasteiger partial charge on any atom is 0.294 e. The van der Waals surface area contributed by atoms with Crippen molar-refractivity contribution in [2.75, 3.05) is 11.9 Å². The minimum Gasteiger partial charge on any atom is -0.365 e. The van der Waals surface area contributed by atoms with Gasteiger partial charge in [-0.05, 0) is 24.5 Å². The van der Waals surface area contributed by atoms with E-state index in [1.54, 1.807) is 13.0 Å². The Kier molecular flexibility index (Phi) is 6.36. The summed E-state index contributed by atoms with van der Waals surface area (Å²) in [7, 11) is 0. The Morgan fingerprint density at radius 1 is 1.31 bits per heavy atom. The van der Waals surface area contributed by atoms with Crippen LogP contribution >= 0.6 is 23.7 Å². The number of nitrogens with two attached hydrogens (primary N) is 1. The van der Waals surface area contributed by atoms with Crippen LogP contribution in [0.5, 0.6) is 0 Å². The number of rotatable bonds is 5. The van der Waals surface area contributed by atoms with E-state index in [0.717, 1.165) is 23.5 Å². The molecule has 0 aliphatic carbocycles. The van der Waals surface area contributed by atoms with Crippen molar-refractivity contribution in [3.8, 4) is 0 Å². The number of carbonyl (C=O) groups is 2.